The normalized spacial score (nSPS) is 10.6. The Bertz CT molecular complexity index is 1200. The fourth-order valence-electron chi connectivity index (χ4n) is 2.71. The van der Waals surface area contributed by atoms with E-state index in [0.717, 1.165) is 5.69 Å². The number of hydrogen-bond donors (Lipinski definition) is 0. The molecule has 138 valence electrons. The maximum atomic E-state index is 12.3. The standard InChI is InChI=1S/C20H15N5O3/c1-28-20(27)14-3-2-4-16(13-14)25-11-7-17(22-25)19-18(26)8-12-24(23-19)15-5-9-21-10-6-15/h2-13H,1H3. The average Bonchev–Trinajstić information content (AvgIpc) is 3.24. The van der Waals surface area contributed by atoms with Crippen LogP contribution in [0.4, 0.5) is 0 Å². The van der Waals surface area contributed by atoms with Gasteiger partial charge in [0.15, 0.2) is 5.69 Å². The lowest BCUT2D eigenvalue weighted by Crippen LogP contribution is -2.13. The van der Waals surface area contributed by atoms with Crippen LogP contribution in [0.15, 0.2) is 78.1 Å². The van der Waals surface area contributed by atoms with Gasteiger partial charge < -0.3 is 4.74 Å². The molecule has 0 saturated carbocycles. The SMILES string of the molecule is COC(=O)c1cccc(-n2ccc(-c3nn(-c4ccncc4)ccc3=O)n2)c1. The summed E-state index contributed by atoms with van der Waals surface area (Å²) in [6.45, 7) is 0. The molecule has 0 fully saturated rings. The largest absolute Gasteiger partial charge is 0.465 e. The molecule has 0 aliphatic heterocycles. The van der Waals surface area contributed by atoms with Crippen LogP contribution in [0.3, 0.4) is 0 Å². The van der Waals surface area contributed by atoms with E-state index in [4.69, 9.17) is 4.74 Å². The van der Waals surface area contributed by atoms with Crippen molar-refractivity contribution in [3.8, 4) is 22.8 Å². The summed E-state index contributed by atoms with van der Waals surface area (Å²) in [5.74, 6) is -0.431. The molecule has 28 heavy (non-hydrogen) atoms. The fraction of sp³-hybridized carbons (Fsp3) is 0.0500. The lowest BCUT2D eigenvalue weighted by Gasteiger charge is -2.06. The average molecular weight is 373 g/mol. The summed E-state index contributed by atoms with van der Waals surface area (Å²) in [6, 6.07) is 13.6. The van der Waals surface area contributed by atoms with Crippen molar-refractivity contribution in [3.05, 3.63) is 89.1 Å². The molecule has 0 atom stereocenters. The van der Waals surface area contributed by atoms with Gasteiger partial charge in [-0.25, -0.2) is 14.2 Å². The topological polar surface area (TPSA) is 91.9 Å². The Morgan fingerprint density at radius 2 is 1.68 bits per heavy atom. The lowest BCUT2D eigenvalue weighted by atomic mass is 10.2. The number of benzene rings is 1. The summed E-state index contributed by atoms with van der Waals surface area (Å²) >= 11 is 0. The highest BCUT2D eigenvalue weighted by atomic mass is 16.5. The molecule has 0 unspecified atom stereocenters. The summed E-state index contributed by atoms with van der Waals surface area (Å²) in [4.78, 5) is 28.0. The molecule has 4 aromatic rings. The van der Waals surface area contributed by atoms with Gasteiger partial charge in [0.05, 0.1) is 24.0 Å². The van der Waals surface area contributed by atoms with Gasteiger partial charge in [0.2, 0.25) is 5.43 Å². The van der Waals surface area contributed by atoms with Gasteiger partial charge >= 0.3 is 5.97 Å². The van der Waals surface area contributed by atoms with Crippen molar-refractivity contribution in [2.75, 3.05) is 7.11 Å². The van der Waals surface area contributed by atoms with E-state index < -0.39 is 5.97 Å². The van der Waals surface area contributed by atoms with Crippen LogP contribution < -0.4 is 5.43 Å². The molecule has 0 N–H and O–H groups in total. The summed E-state index contributed by atoms with van der Waals surface area (Å²) in [7, 11) is 1.33. The number of aromatic nitrogens is 5. The minimum Gasteiger partial charge on any atom is -0.465 e. The predicted octanol–water partition coefficient (Wildman–Crippen LogP) is 2.27. The molecule has 0 saturated heterocycles. The molecule has 0 aliphatic carbocycles. The van der Waals surface area contributed by atoms with Crippen molar-refractivity contribution in [1.29, 1.82) is 0 Å². The smallest absolute Gasteiger partial charge is 0.337 e. The van der Waals surface area contributed by atoms with Gasteiger partial charge in [0, 0.05) is 30.9 Å². The Morgan fingerprint density at radius 1 is 0.929 bits per heavy atom. The monoisotopic (exact) mass is 373 g/mol. The number of ether oxygens (including phenoxy) is 1. The Morgan fingerprint density at radius 3 is 2.46 bits per heavy atom. The lowest BCUT2D eigenvalue weighted by molar-refractivity contribution is 0.0600. The molecular weight excluding hydrogens is 358 g/mol. The second-order valence-electron chi connectivity index (χ2n) is 5.87. The Labute approximate surface area is 159 Å². The van der Waals surface area contributed by atoms with E-state index >= 15 is 0 Å². The Hall–Kier alpha value is -4.07. The first-order valence-electron chi connectivity index (χ1n) is 8.41. The number of hydrogen-bond acceptors (Lipinski definition) is 6. The van der Waals surface area contributed by atoms with Crippen molar-refractivity contribution in [2.45, 2.75) is 0 Å². The third-order valence-electron chi connectivity index (χ3n) is 4.10. The number of rotatable bonds is 4. The van der Waals surface area contributed by atoms with Gasteiger partial charge in [-0.3, -0.25) is 9.78 Å². The van der Waals surface area contributed by atoms with E-state index in [2.05, 4.69) is 15.2 Å². The van der Waals surface area contributed by atoms with E-state index in [9.17, 15) is 9.59 Å². The first-order chi connectivity index (χ1) is 13.7. The van der Waals surface area contributed by atoms with Crippen LogP contribution in [0.1, 0.15) is 10.4 Å². The van der Waals surface area contributed by atoms with E-state index in [1.165, 1.54) is 13.2 Å². The molecule has 4 rings (SSSR count). The number of nitrogens with zero attached hydrogens (tertiary/aromatic N) is 5. The van der Waals surface area contributed by atoms with Crippen LogP contribution in [0.25, 0.3) is 22.8 Å². The van der Waals surface area contributed by atoms with Crippen molar-refractivity contribution in [2.24, 2.45) is 0 Å². The highest BCUT2D eigenvalue weighted by Crippen LogP contribution is 2.16. The molecule has 8 heteroatoms. The third-order valence-corrected chi connectivity index (χ3v) is 4.10. The van der Waals surface area contributed by atoms with Gasteiger partial charge in [-0.2, -0.15) is 10.2 Å². The van der Waals surface area contributed by atoms with Gasteiger partial charge in [0.1, 0.15) is 5.69 Å². The number of methoxy groups -OCH3 is 1. The zero-order chi connectivity index (χ0) is 19.5. The van der Waals surface area contributed by atoms with Crippen molar-refractivity contribution in [3.63, 3.8) is 0 Å². The van der Waals surface area contributed by atoms with Crippen LogP contribution in [-0.2, 0) is 4.74 Å². The predicted molar refractivity (Wildman–Crippen MR) is 102 cm³/mol. The van der Waals surface area contributed by atoms with Crippen molar-refractivity contribution in [1.82, 2.24) is 24.5 Å². The molecule has 1 aromatic carbocycles. The molecule has 0 spiro atoms. The van der Waals surface area contributed by atoms with Crippen LogP contribution in [0.2, 0.25) is 0 Å². The number of pyridine rings is 1. The third kappa shape index (κ3) is 3.30. The van der Waals surface area contributed by atoms with E-state index in [0.29, 0.717) is 16.9 Å². The van der Waals surface area contributed by atoms with Gasteiger partial charge in [-0.1, -0.05) is 6.07 Å². The zero-order valence-electron chi connectivity index (χ0n) is 14.9. The highest BCUT2D eigenvalue weighted by Gasteiger charge is 2.12. The first-order valence-corrected chi connectivity index (χ1v) is 8.41. The van der Waals surface area contributed by atoms with E-state index in [1.807, 2.05) is 0 Å². The maximum absolute atomic E-state index is 12.3. The van der Waals surface area contributed by atoms with Crippen molar-refractivity contribution < 1.29 is 9.53 Å². The number of carbonyl (C=O) groups excluding carboxylic acids is 1. The molecule has 8 nitrogen and oxygen atoms in total. The van der Waals surface area contributed by atoms with E-state index in [-0.39, 0.29) is 11.1 Å². The molecule has 0 bridgehead atoms. The minimum atomic E-state index is -0.431. The fourth-order valence-corrected chi connectivity index (χ4v) is 2.71. The Balaban J connectivity index is 1.72. The maximum Gasteiger partial charge on any atom is 0.337 e. The van der Waals surface area contributed by atoms with Gasteiger partial charge in [-0.15, -0.1) is 0 Å². The number of carbonyl (C=O) groups is 1. The highest BCUT2D eigenvalue weighted by molar-refractivity contribution is 5.89. The first kappa shape index (κ1) is 17.3. The summed E-state index contributed by atoms with van der Waals surface area (Å²) in [5, 5.41) is 8.85. The number of esters is 1. The summed E-state index contributed by atoms with van der Waals surface area (Å²) in [5.41, 5.74) is 2.27. The molecule has 0 aliphatic rings. The Kier molecular flexibility index (Phi) is 4.51. The zero-order valence-corrected chi connectivity index (χ0v) is 14.9. The van der Waals surface area contributed by atoms with Crippen LogP contribution in [0, 0.1) is 0 Å². The summed E-state index contributed by atoms with van der Waals surface area (Å²) in [6.07, 6.45) is 6.60. The minimum absolute atomic E-state index is 0.224. The molecular formula is C20H15N5O3. The van der Waals surface area contributed by atoms with Gasteiger partial charge in [0.25, 0.3) is 0 Å². The molecule has 3 aromatic heterocycles. The molecule has 0 radical (unpaired) electrons. The van der Waals surface area contributed by atoms with Gasteiger partial charge in [-0.05, 0) is 36.4 Å². The van der Waals surface area contributed by atoms with Crippen LogP contribution in [-0.4, -0.2) is 37.6 Å². The second-order valence-corrected chi connectivity index (χ2v) is 5.87. The van der Waals surface area contributed by atoms with Crippen LogP contribution >= 0.6 is 0 Å². The quantitative estimate of drug-likeness (QED) is 0.510. The van der Waals surface area contributed by atoms with Crippen molar-refractivity contribution >= 4 is 5.97 Å². The van der Waals surface area contributed by atoms with E-state index in [1.54, 1.807) is 76.6 Å². The second kappa shape index (κ2) is 7.28. The molecule has 3 heterocycles. The molecule has 0 amide bonds. The van der Waals surface area contributed by atoms with Crippen LogP contribution in [0.5, 0.6) is 0 Å². The summed E-state index contributed by atoms with van der Waals surface area (Å²) < 4.78 is 7.91.